The van der Waals surface area contributed by atoms with Crippen LogP contribution in [0.1, 0.15) is 0 Å². The predicted octanol–water partition coefficient (Wildman–Crippen LogP) is 1.96. The van der Waals surface area contributed by atoms with E-state index in [0.717, 1.165) is 0 Å². The molecule has 0 N–H and O–H groups in total. The van der Waals surface area contributed by atoms with Crippen LogP contribution in [-0.4, -0.2) is 24.7 Å². The van der Waals surface area contributed by atoms with Gasteiger partial charge in [-0.15, -0.1) is 13.2 Å². The molecular formula is C6HClF4N2O5S. The zero-order valence-corrected chi connectivity index (χ0v) is 9.88. The van der Waals surface area contributed by atoms with Crippen LogP contribution in [-0.2, 0) is 9.05 Å². The molecule has 106 valence electrons. The summed E-state index contributed by atoms with van der Waals surface area (Å²) in [5.41, 5.74) is -1.45. The number of ether oxygens (including phenoxy) is 1. The summed E-state index contributed by atoms with van der Waals surface area (Å²) in [4.78, 5) is 9.92. The molecule has 0 saturated heterocycles. The van der Waals surface area contributed by atoms with Gasteiger partial charge in [-0.3, -0.25) is 10.1 Å². The van der Waals surface area contributed by atoms with E-state index in [1.807, 2.05) is 0 Å². The lowest BCUT2D eigenvalue weighted by Crippen LogP contribution is -2.20. The average Bonchev–Trinajstić information content (AvgIpc) is 2.16. The molecule has 0 fully saturated rings. The molecule has 1 rings (SSSR count). The van der Waals surface area contributed by atoms with Gasteiger partial charge in [-0.05, 0) is 0 Å². The van der Waals surface area contributed by atoms with Crippen LogP contribution in [0.5, 0.6) is 5.75 Å². The summed E-state index contributed by atoms with van der Waals surface area (Å²) in [5, 5.41) is 10.5. The lowest BCUT2D eigenvalue weighted by molar-refractivity contribution is -0.388. The third kappa shape index (κ3) is 3.64. The Morgan fingerprint density at radius 2 is 1.95 bits per heavy atom. The molecule has 0 saturated carbocycles. The van der Waals surface area contributed by atoms with Crippen molar-refractivity contribution < 1.29 is 35.6 Å². The normalized spacial score (nSPS) is 12.3. The van der Waals surface area contributed by atoms with Crippen LogP contribution in [0, 0.1) is 16.1 Å². The number of nitro groups is 1. The number of aromatic nitrogens is 1. The third-order valence-corrected chi connectivity index (χ3v) is 2.93. The van der Waals surface area contributed by atoms with Crippen molar-refractivity contribution in [2.45, 2.75) is 11.3 Å². The van der Waals surface area contributed by atoms with E-state index < -0.39 is 42.6 Å². The van der Waals surface area contributed by atoms with E-state index in [-0.39, 0.29) is 6.20 Å². The number of halogens is 5. The molecule has 0 radical (unpaired) electrons. The van der Waals surface area contributed by atoms with E-state index >= 15 is 0 Å². The standard InChI is InChI=1S/C6HClF4N2O5S/c7-19(16,17)4-2(13(14)15)1-12-5(8)3(4)18-6(9,10)11/h1H. The van der Waals surface area contributed by atoms with Crippen molar-refractivity contribution in [2.24, 2.45) is 0 Å². The van der Waals surface area contributed by atoms with Crippen molar-refractivity contribution in [3.05, 3.63) is 22.3 Å². The number of hydrogen-bond acceptors (Lipinski definition) is 6. The molecule has 0 aliphatic carbocycles. The van der Waals surface area contributed by atoms with E-state index in [2.05, 4.69) is 9.72 Å². The highest BCUT2D eigenvalue weighted by molar-refractivity contribution is 8.14. The van der Waals surface area contributed by atoms with Crippen LogP contribution in [0.15, 0.2) is 11.1 Å². The fourth-order valence-corrected chi connectivity index (χ4v) is 2.19. The summed E-state index contributed by atoms with van der Waals surface area (Å²) in [5.74, 6) is -4.00. The van der Waals surface area contributed by atoms with Crippen molar-refractivity contribution >= 4 is 25.4 Å². The fraction of sp³-hybridized carbons (Fsp3) is 0.167. The molecule has 0 amide bonds. The molecule has 0 aliphatic rings. The molecule has 7 nitrogen and oxygen atoms in total. The zero-order valence-electron chi connectivity index (χ0n) is 8.31. The van der Waals surface area contributed by atoms with Crippen molar-refractivity contribution in [1.29, 1.82) is 0 Å². The van der Waals surface area contributed by atoms with Gasteiger partial charge in [-0.1, -0.05) is 0 Å². The van der Waals surface area contributed by atoms with Gasteiger partial charge >= 0.3 is 12.0 Å². The van der Waals surface area contributed by atoms with Gasteiger partial charge < -0.3 is 4.74 Å². The number of pyridine rings is 1. The summed E-state index contributed by atoms with van der Waals surface area (Å²) < 4.78 is 74.2. The Bertz CT molecular complexity index is 631. The van der Waals surface area contributed by atoms with Crippen LogP contribution in [0.4, 0.5) is 23.2 Å². The van der Waals surface area contributed by atoms with E-state index in [1.54, 1.807) is 0 Å². The van der Waals surface area contributed by atoms with Crippen molar-refractivity contribution in [3.63, 3.8) is 0 Å². The van der Waals surface area contributed by atoms with Gasteiger partial charge in [0.2, 0.25) is 10.6 Å². The quantitative estimate of drug-likeness (QED) is 0.277. The molecule has 0 unspecified atom stereocenters. The van der Waals surface area contributed by atoms with Crippen molar-refractivity contribution in [3.8, 4) is 5.75 Å². The Kier molecular flexibility index (Phi) is 3.86. The second kappa shape index (κ2) is 4.77. The van der Waals surface area contributed by atoms with Gasteiger partial charge in [0.05, 0.1) is 4.92 Å². The van der Waals surface area contributed by atoms with E-state index in [1.165, 1.54) is 0 Å². The first-order chi connectivity index (χ1) is 8.43. The monoisotopic (exact) mass is 324 g/mol. The highest BCUT2D eigenvalue weighted by atomic mass is 35.7. The molecule has 0 spiro atoms. The van der Waals surface area contributed by atoms with Crippen molar-refractivity contribution in [1.82, 2.24) is 4.98 Å². The molecule has 19 heavy (non-hydrogen) atoms. The number of rotatable bonds is 3. The summed E-state index contributed by atoms with van der Waals surface area (Å²) in [6.45, 7) is 0. The highest BCUT2D eigenvalue weighted by Gasteiger charge is 2.40. The molecule has 0 aliphatic heterocycles. The number of alkyl halides is 3. The molecule has 13 heteroatoms. The minimum Gasteiger partial charge on any atom is -0.399 e. The molecule has 1 heterocycles. The molecule has 1 aromatic rings. The first-order valence-corrected chi connectivity index (χ1v) is 6.27. The van der Waals surface area contributed by atoms with Gasteiger partial charge in [0.25, 0.3) is 15.0 Å². The SMILES string of the molecule is O=[N+]([O-])c1cnc(F)c(OC(F)(F)F)c1S(=O)(=O)Cl. The Balaban J connectivity index is 3.69. The largest absolute Gasteiger partial charge is 0.573 e. The Labute approximate surface area is 106 Å². The Hall–Kier alpha value is -1.69. The third-order valence-electron chi connectivity index (χ3n) is 1.58. The van der Waals surface area contributed by atoms with Crippen LogP contribution in [0.3, 0.4) is 0 Å². The summed E-state index contributed by atoms with van der Waals surface area (Å²) in [6.07, 6.45) is -5.39. The number of nitrogens with zero attached hydrogens (tertiary/aromatic N) is 2. The first kappa shape index (κ1) is 15.4. The van der Waals surface area contributed by atoms with Crippen LogP contribution < -0.4 is 4.74 Å². The minimum absolute atomic E-state index is 0.105. The maximum atomic E-state index is 13.1. The van der Waals surface area contributed by atoms with Crippen molar-refractivity contribution in [2.75, 3.05) is 0 Å². The van der Waals surface area contributed by atoms with Gasteiger partial charge in [0, 0.05) is 10.7 Å². The van der Waals surface area contributed by atoms with Gasteiger partial charge in [0.1, 0.15) is 6.20 Å². The van der Waals surface area contributed by atoms with Gasteiger partial charge in [0.15, 0.2) is 0 Å². The Morgan fingerprint density at radius 3 is 2.32 bits per heavy atom. The van der Waals surface area contributed by atoms with Gasteiger partial charge in [-0.25, -0.2) is 13.4 Å². The maximum absolute atomic E-state index is 13.1. The zero-order chi connectivity index (χ0) is 15.0. The topological polar surface area (TPSA) is 99.4 Å². The second-order valence-electron chi connectivity index (χ2n) is 2.84. The number of hydrogen-bond donors (Lipinski definition) is 0. The smallest absolute Gasteiger partial charge is 0.399 e. The van der Waals surface area contributed by atoms with Crippen LogP contribution in [0.25, 0.3) is 0 Å². The Morgan fingerprint density at radius 1 is 1.42 bits per heavy atom. The molecule has 0 bridgehead atoms. The highest BCUT2D eigenvalue weighted by Crippen LogP contribution is 2.38. The van der Waals surface area contributed by atoms with Crippen LogP contribution in [0.2, 0.25) is 0 Å². The molecule has 1 aromatic heterocycles. The fourth-order valence-electron chi connectivity index (χ4n) is 1.01. The lowest BCUT2D eigenvalue weighted by atomic mass is 10.4. The first-order valence-electron chi connectivity index (χ1n) is 3.97. The molecular weight excluding hydrogens is 324 g/mol. The van der Waals surface area contributed by atoms with E-state index in [9.17, 15) is 36.1 Å². The van der Waals surface area contributed by atoms with E-state index in [4.69, 9.17) is 10.7 Å². The summed E-state index contributed by atoms with van der Waals surface area (Å²) in [7, 11) is -0.339. The van der Waals surface area contributed by atoms with Gasteiger partial charge in [-0.2, -0.15) is 4.39 Å². The molecule has 0 atom stereocenters. The minimum atomic E-state index is -5.49. The van der Waals surface area contributed by atoms with E-state index in [0.29, 0.717) is 0 Å². The second-order valence-corrected chi connectivity index (χ2v) is 5.34. The van der Waals surface area contributed by atoms with Crippen LogP contribution >= 0.6 is 10.7 Å². The summed E-state index contributed by atoms with van der Waals surface area (Å²) in [6, 6.07) is 0. The molecule has 0 aromatic carbocycles. The maximum Gasteiger partial charge on any atom is 0.573 e. The average molecular weight is 325 g/mol. The lowest BCUT2D eigenvalue weighted by Gasteiger charge is -2.11. The summed E-state index contributed by atoms with van der Waals surface area (Å²) >= 11 is 0. The predicted molar refractivity (Wildman–Crippen MR) is 50.6 cm³/mol.